The van der Waals surface area contributed by atoms with Gasteiger partial charge in [0, 0.05) is 38.0 Å². The van der Waals surface area contributed by atoms with Crippen molar-refractivity contribution in [2.24, 2.45) is 0 Å². The van der Waals surface area contributed by atoms with Crippen LogP contribution in [0.15, 0.2) is 35.4 Å². The largest absolute Gasteiger partial charge is 0.501 e. The SMILES string of the molecule is O=C(N1CC(c2ccc(S(=O)(=O)C(F)(F)F)cc2)C1)N1CC[C@H](c2cn[nH]n2)C1. The molecule has 0 radical (unpaired) electrons. The van der Waals surface area contributed by atoms with E-state index in [-0.39, 0.29) is 17.9 Å². The lowest BCUT2D eigenvalue weighted by molar-refractivity contribution is -0.0436. The molecule has 0 saturated carbocycles. The minimum absolute atomic E-state index is 0.0319. The number of nitrogens with one attached hydrogen (secondary N) is 1. The molecule has 0 bridgehead atoms. The Kier molecular flexibility index (Phi) is 4.75. The van der Waals surface area contributed by atoms with Crippen LogP contribution in [-0.2, 0) is 9.84 Å². The highest BCUT2D eigenvalue weighted by atomic mass is 32.2. The summed E-state index contributed by atoms with van der Waals surface area (Å²) in [5.41, 5.74) is -3.79. The minimum atomic E-state index is -5.35. The average Bonchev–Trinajstić information content (AvgIpc) is 3.31. The number of alkyl halides is 3. The van der Waals surface area contributed by atoms with Gasteiger partial charge in [-0.05, 0) is 24.1 Å². The fourth-order valence-corrected chi connectivity index (χ4v) is 4.44. The summed E-state index contributed by atoms with van der Waals surface area (Å²) in [6.07, 6.45) is 2.46. The molecule has 2 aliphatic rings. The number of sulfone groups is 1. The Labute approximate surface area is 164 Å². The Bertz CT molecular complexity index is 986. The second-order valence-electron chi connectivity index (χ2n) is 7.23. The highest BCUT2D eigenvalue weighted by molar-refractivity contribution is 7.92. The Hall–Kier alpha value is -2.63. The number of amides is 2. The van der Waals surface area contributed by atoms with Crippen molar-refractivity contribution in [2.45, 2.75) is 28.7 Å². The molecular formula is C17H18F3N5O3S. The van der Waals surface area contributed by atoms with Crippen LogP contribution in [0.4, 0.5) is 18.0 Å². The minimum Gasteiger partial charge on any atom is -0.324 e. The number of aromatic amines is 1. The van der Waals surface area contributed by atoms with Crippen LogP contribution in [0.1, 0.15) is 29.5 Å². The van der Waals surface area contributed by atoms with Crippen LogP contribution in [0.25, 0.3) is 0 Å². The van der Waals surface area contributed by atoms with Crippen molar-refractivity contribution in [1.82, 2.24) is 25.2 Å². The van der Waals surface area contributed by atoms with Crippen molar-refractivity contribution >= 4 is 15.9 Å². The van der Waals surface area contributed by atoms with Gasteiger partial charge in [-0.2, -0.15) is 28.6 Å². The zero-order valence-electron chi connectivity index (χ0n) is 15.1. The molecule has 0 spiro atoms. The lowest BCUT2D eigenvalue weighted by atomic mass is 9.92. The number of carbonyl (C=O) groups is 1. The Morgan fingerprint density at radius 3 is 2.31 bits per heavy atom. The first kappa shape index (κ1) is 19.7. The number of halogens is 3. The summed E-state index contributed by atoms with van der Waals surface area (Å²) in [6, 6.07) is 4.60. The fourth-order valence-electron chi connectivity index (χ4n) is 3.68. The van der Waals surface area contributed by atoms with E-state index in [1.807, 2.05) is 0 Å². The number of hydrogen-bond donors (Lipinski definition) is 1. The van der Waals surface area contributed by atoms with Crippen molar-refractivity contribution in [3.63, 3.8) is 0 Å². The molecule has 8 nitrogen and oxygen atoms in total. The van der Waals surface area contributed by atoms with Crippen LogP contribution in [0.5, 0.6) is 0 Å². The van der Waals surface area contributed by atoms with Gasteiger partial charge in [-0.1, -0.05) is 12.1 Å². The second kappa shape index (κ2) is 7.01. The summed E-state index contributed by atoms with van der Waals surface area (Å²) < 4.78 is 60.7. The summed E-state index contributed by atoms with van der Waals surface area (Å²) in [4.78, 5) is 15.3. The number of urea groups is 1. The predicted octanol–water partition coefficient (Wildman–Crippen LogP) is 2.11. The van der Waals surface area contributed by atoms with E-state index in [4.69, 9.17) is 0 Å². The van der Waals surface area contributed by atoms with Crippen molar-refractivity contribution in [3.05, 3.63) is 41.7 Å². The highest BCUT2D eigenvalue weighted by Gasteiger charge is 2.47. The van der Waals surface area contributed by atoms with E-state index in [0.29, 0.717) is 31.7 Å². The van der Waals surface area contributed by atoms with Crippen molar-refractivity contribution in [3.8, 4) is 0 Å². The van der Waals surface area contributed by atoms with Crippen LogP contribution in [0.2, 0.25) is 0 Å². The predicted molar refractivity (Wildman–Crippen MR) is 94.7 cm³/mol. The topological polar surface area (TPSA) is 99.3 Å². The molecule has 2 fully saturated rings. The summed E-state index contributed by atoms with van der Waals surface area (Å²) >= 11 is 0. The molecule has 1 aromatic heterocycles. The summed E-state index contributed by atoms with van der Waals surface area (Å²) in [7, 11) is -5.35. The van der Waals surface area contributed by atoms with E-state index in [1.165, 1.54) is 12.1 Å². The zero-order chi connectivity index (χ0) is 20.8. The molecule has 156 valence electrons. The molecule has 2 saturated heterocycles. The number of hydrogen-bond acceptors (Lipinski definition) is 5. The molecule has 2 amide bonds. The third-order valence-corrected chi connectivity index (χ3v) is 6.93. The highest BCUT2D eigenvalue weighted by Crippen LogP contribution is 2.34. The number of benzene rings is 1. The van der Waals surface area contributed by atoms with Crippen molar-refractivity contribution in [1.29, 1.82) is 0 Å². The summed E-state index contributed by atoms with van der Waals surface area (Å²) in [5.74, 6) is 0.119. The van der Waals surface area contributed by atoms with E-state index in [2.05, 4.69) is 15.4 Å². The first-order valence-electron chi connectivity index (χ1n) is 8.97. The van der Waals surface area contributed by atoms with Crippen LogP contribution in [-0.4, -0.2) is 71.3 Å². The van der Waals surface area contributed by atoms with Crippen LogP contribution in [0, 0.1) is 0 Å². The maximum absolute atomic E-state index is 12.6. The second-order valence-corrected chi connectivity index (χ2v) is 9.17. The Morgan fingerprint density at radius 2 is 1.72 bits per heavy atom. The third-order valence-electron chi connectivity index (χ3n) is 5.43. The number of H-pyrrole nitrogens is 1. The van der Waals surface area contributed by atoms with E-state index in [1.54, 1.807) is 16.0 Å². The van der Waals surface area contributed by atoms with E-state index in [0.717, 1.165) is 24.2 Å². The first-order chi connectivity index (χ1) is 13.7. The number of rotatable bonds is 3. The van der Waals surface area contributed by atoms with Gasteiger partial charge in [-0.25, -0.2) is 13.2 Å². The third kappa shape index (κ3) is 3.56. The normalized spacial score (nSPS) is 20.7. The van der Waals surface area contributed by atoms with E-state index in [9.17, 15) is 26.4 Å². The molecule has 0 unspecified atom stereocenters. The molecule has 1 N–H and O–H groups in total. The Morgan fingerprint density at radius 1 is 1.07 bits per heavy atom. The maximum atomic E-state index is 12.6. The molecule has 1 atom stereocenters. The van der Waals surface area contributed by atoms with Gasteiger partial charge < -0.3 is 9.80 Å². The number of likely N-dealkylation sites (tertiary alicyclic amines) is 2. The maximum Gasteiger partial charge on any atom is 0.501 e. The van der Waals surface area contributed by atoms with Gasteiger partial charge in [0.25, 0.3) is 9.84 Å². The van der Waals surface area contributed by atoms with Gasteiger partial charge in [0.05, 0.1) is 16.8 Å². The van der Waals surface area contributed by atoms with E-state index < -0.39 is 20.2 Å². The quantitative estimate of drug-likeness (QED) is 0.806. The van der Waals surface area contributed by atoms with Gasteiger partial charge in [-0.3, -0.25) is 0 Å². The molecule has 0 aliphatic carbocycles. The molecule has 2 aliphatic heterocycles. The standard InChI is InChI=1S/C17H18F3N5O3S/c18-17(19,20)29(27,28)14-3-1-11(2-4-14)13-9-25(10-13)16(26)24-6-5-12(8-24)15-7-21-23-22-15/h1-4,7,12-13H,5-6,8-10H2,(H,21,22,23)/t12-/m0/s1. The average molecular weight is 429 g/mol. The number of nitrogens with zero attached hydrogens (tertiary/aromatic N) is 4. The van der Waals surface area contributed by atoms with Gasteiger partial charge in [0.2, 0.25) is 0 Å². The lowest BCUT2D eigenvalue weighted by Gasteiger charge is -2.41. The zero-order valence-corrected chi connectivity index (χ0v) is 15.9. The fraction of sp³-hybridized carbons (Fsp3) is 0.471. The molecule has 2 aromatic rings. The monoisotopic (exact) mass is 429 g/mol. The van der Waals surface area contributed by atoms with Crippen molar-refractivity contribution in [2.75, 3.05) is 26.2 Å². The first-order valence-corrected chi connectivity index (χ1v) is 10.5. The molecule has 4 rings (SSSR count). The molecule has 3 heterocycles. The van der Waals surface area contributed by atoms with Gasteiger partial charge in [0.15, 0.2) is 0 Å². The summed E-state index contributed by atoms with van der Waals surface area (Å²) in [5, 5.41) is 10.4. The summed E-state index contributed by atoms with van der Waals surface area (Å²) in [6.45, 7) is 2.07. The van der Waals surface area contributed by atoms with E-state index >= 15 is 0 Å². The molecule has 29 heavy (non-hydrogen) atoms. The van der Waals surface area contributed by atoms with Gasteiger partial charge >= 0.3 is 11.5 Å². The lowest BCUT2D eigenvalue weighted by Crippen LogP contribution is -2.53. The van der Waals surface area contributed by atoms with Crippen LogP contribution >= 0.6 is 0 Å². The van der Waals surface area contributed by atoms with Gasteiger partial charge in [0.1, 0.15) is 0 Å². The molecular weight excluding hydrogens is 411 g/mol. The van der Waals surface area contributed by atoms with Crippen LogP contribution < -0.4 is 0 Å². The smallest absolute Gasteiger partial charge is 0.324 e. The number of carbonyl (C=O) groups excluding carboxylic acids is 1. The van der Waals surface area contributed by atoms with Gasteiger partial charge in [-0.15, -0.1) is 0 Å². The van der Waals surface area contributed by atoms with Crippen molar-refractivity contribution < 1.29 is 26.4 Å². The molecule has 1 aromatic carbocycles. The Balaban J connectivity index is 1.34. The molecule has 12 heteroatoms. The van der Waals surface area contributed by atoms with Crippen LogP contribution in [0.3, 0.4) is 0 Å². The number of aromatic nitrogens is 3.